The van der Waals surface area contributed by atoms with Crippen molar-refractivity contribution in [2.75, 3.05) is 13.7 Å². The molecule has 0 aliphatic carbocycles. The number of aryl methyl sites for hydroxylation is 1. The number of rotatable bonds is 8. The quantitative estimate of drug-likeness (QED) is 0.531. The predicted octanol–water partition coefficient (Wildman–Crippen LogP) is 4.80. The van der Waals surface area contributed by atoms with Crippen molar-refractivity contribution in [3.8, 4) is 5.75 Å². The first-order chi connectivity index (χ1) is 13.9. The Morgan fingerprint density at radius 1 is 1.31 bits per heavy atom. The molecule has 0 aliphatic rings. The smallest absolute Gasteiger partial charge is 0.254 e. The summed E-state index contributed by atoms with van der Waals surface area (Å²) in [5.41, 5.74) is 2.24. The van der Waals surface area contributed by atoms with Crippen LogP contribution in [0.1, 0.15) is 43.4 Å². The zero-order valence-corrected chi connectivity index (χ0v) is 18.1. The summed E-state index contributed by atoms with van der Waals surface area (Å²) in [5, 5.41) is 0.422. The molecule has 0 N–H and O–H groups in total. The molecule has 0 fully saturated rings. The molecule has 0 atom stereocenters. The first-order valence-electron chi connectivity index (χ1n) is 9.87. The number of halogens is 1. The third-order valence-electron chi connectivity index (χ3n) is 4.63. The molecule has 0 aliphatic heterocycles. The van der Waals surface area contributed by atoms with Crippen molar-refractivity contribution in [3.63, 3.8) is 0 Å². The zero-order chi connectivity index (χ0) is 21.0. The molecule has 7 heteroatoms. The van der Waals surface area contributed by atoms with E-state index >= 15 is 0 Å². The van der Waals surface area contributed by atoms with Crippen molar-refractivity contribution in [3.05, 3.63) is 52.9 Å². The average molecular weight is 415 g/mol. The highest BCUT2D eigenvalue weighted by atomic mass is 35.5. The third-order valence-corrected chi connectivity index (χ3v) is 4.93. The van der Waals surface area contributed by atoms with Gasteiger partial charge in [-0.05, 0) is 42.7 Å². The molecule has 3 aromatic rings. The van der Waals surface area contributed by atoms with Gasteiger partial charge in [0.25, 0.3) is 5.91 Å². The van der Waals surface area contributed by atoms with E-state index in [9.17, 15) is 4.79 Å². The van der Waals surface area contributed by atoms with Gasteiger partial charge in [-0.3, -0.25) is 4.79 Å². The molecule has 2 aromatic heterocycles. The van der Waals surface area contributed by atoms with Crippen molar-refractivity contribution >= 4 is 28.7 Å². The van der Waals surface area contributed by atoms with Crippen LogP contribution >= 0.6 is 11.6 Å². The molecule has 0 radical (unpaired) electrons. The molecular weight excluding hydrogens is 388 g/mol. The van der Waals surface area contributed by atoms with E-state index in [0.29, 0.717) is 35.3 Å². The van der Waals surface area contributed by atoms with Gasteiger partial charge in [0, 0.05) is 24.8 Å². The number of hydrogen-bond acceptors (Lipinski definition) is 4. The molecule has 29 heavy (non-hydrogen) atoms. The second kappa shape index (κ2) is 9.27. The van der Waals surface area contributed by atoms with Crippen molar-refractivity contribution in [1.82, 2.24) is 19.4 Å². The summed E-state index contributed by atoms with van der Waals surface area (Å²) >= 11 is 6.24. The highest BCUT2D eigenvalue weighted by molar-refractivity contribution is 6.32. The second-order valence-corrected chi connectivity index (χ2v) is 7.86. The van der Waals surface area contributed by atoms with E-state index in [0.717, 1.165) is 30.0 Å². The van der Waals surface area contributed by atoms with Gasteiger partial charge in [-0.15, -0.1) is 0 Å². The zero-order valence-electron chi connectivity index (χ0n) is 17.4. The predicted molar refractivity (Wildman–Crippen MR) is 115 cm³/mol. The van der Waals surface area contributed by atoms with Crippen LogP contribution in [0.25, 0.3) is 11.2 Å². The van der Waals surface area contributed by atoms with Gasteiger partial charge in [0.15, 0.2) is 5.65 Å². The SMILES string of the molecule is CCCn1c(CN(CC(C)C)C(=O)c2ccc(OC)c(Cl)c2)nc2cccnc21. The summed E-state index contributed by atoms with van der Waals surface area (Å²) in [4.78, 5) is 24.4. The molecular formula is C22H27ClN4O2. The van der Waals surface area contributed by atoms with E-state index in [2.05, 4.69) is 30.3 Å². The number of carbonyl (C=O) groups is 1. The standard InChI is InChI=1S/C22H27ClN4O2/c1-5-11-27-20(25-18-7-6-10-24-21(18)27)14-26(13-15(2)3)22(28)16-8-9-19(29-4)17(23)12-16/h6-10,12,15H,5,11,13-14H2,1-4H3. The fourth-order valence-corrected chi connectivity index (χ4v) is 3.66. The Morgan fingerprint density at radius 3 is 2.76 bits per heavy atom. The summed E-state index contributed by atoms with van der Waals surface area (Å²) in [5.74, 6) is 1.63. The van der Waals surface area contributed by atoms with E-state index in [1.54, 1.807) is 31.5 Å². The first-order valence-corrected chi connectivity index (χ1v) is 10.2. The molecule has 0 saturated heterocycles. The summed E-state index contributed by atoms with van der Waals surface area (Å²) in [6.45, 7) is 8.15. The maximum Gasteiger partial charge on any atom is 0.254 e. The molecule has 0 saturated carbocycles. The average Bonchev–Trinajstić information content (AvgIpc) is 3.04. The van der Waals surface area contributed by atoms with Crippen LogP contribution in [0.15, 0.2) is 36.5 Å². The number of fused-ring (bicyclic) bond motifs is 1. The van der Waals surface area contributed by atoms with Crippen LogP contribution in [-0.2, 0) is 13.1 Å². The lowest BCUT2D eigenvalue weighted by Gasteiger charge is -2.25. The number of amides is 1. The minimum atomic E-state index is -0.0775. The Hall–Kier alpha value is -2.60. The van der Waals surface area contributed by atoms with E-state index < -0.39 is 0 Å². The number of imidazole rings is 1. The summed E-state index contributed by atoms with van der Waals surface area (Å²) in [6, 6.07) is 8.96. The Bertz CT molecular complexity index is 1000. The normalized spacial score (nSPS) is 11.2. The van der Waals surface area contributed by atoms with Gasteiger partial charge in [-0.2, -0.15) is 0 Å². The monoisotopic (exact) mass is 414 g/mol. The maximum absolute atomic E-state index is 13.3. The van der Waals surface area contributed by atoms with Crippen LogP contribution in [0.3, 0.4) is 0 Å². The topological polar surface area (TPSA) is 60.2 Å². The molecule has 6 nitrogen and oxygen atoms in total. The highest BCUT2D eigenvalue weighted by Crippen LogP contribution is 2.26. The minimum Gasteiger partial charge on any atom is -0.495 e. The maximum atomic E-state index is 13.3. The molecule has 0 unspecified atom stereocenters. The number of benzene rings is 1. The number of hydrogen-bond donors (Lipinski definition) is 0. The minimum absolute atomic E-state index is 0.0775. The fourth-order valence-electron chi connectivity index (χ4n) is 3.40. The highest BCUT2D eigenvalue weighted by Gasteiger charge is 2.22. The van der Waals surface area contributed by atoms with Gasteiger partial charge >= 0.3 is 0 Å². The molecule has 154 valence electrons. The van der Waals surface area contributed by atoms with Crippen LogP contribution < -0.4 is 4.74 Å². The van der Waals surface area contributed by atoms with Gasteiger partial charge in [-0.1, -0.05) is 32.4 Å². The lowest BCUT2D eigenvalue weighted by Crippen LogP contribution is -2.34. The number of carbonyl (C=O) groups excluding carboxylic acids is 1. The Kier molecular flexibility index (Phi) is 6.75. The number of nitrogens with zero attached hydrogens (tertiary/aromatic N) is 4. The van der Waals surface area contributed by atoms with Gasteiger partial charge in [0.2, 0.25) is 0 Å². The van der Waals surface area contributed by atoms with Gasteiger partial charge < -0.3 is 14.2 Å². The number of ether oxygens (including phenoxy) is 1. The largest absolute Gasteiger partial charge is 0.495 e. The van der Waals surface area contributed by atoms with Crippen molar-refractivity contribution in [2.24, 2.45) is 5.92 Å². The molecule has 1 aromatic carbocycles. The Balaban J connectivity index is 1.95. The second-order valence-electron chi connectivity index (χ2n) is 7.45. The molecule has 1 amide bonds. The van der Waals surface area contributed by atoms with E-state index in [4.69, 9.17) is 21.3 Å². The fraction of sp³-hybridized carbons (Fsp3) is 0.409. The van der Waals surface area contributed by atoms with Gasteiger partial charge in [-0.25, -0.2) is 9.97 Å². The summed E-state index contributed by atoms with van der Waals surface area (Å²) in [7, 11) is 1.56. The van der Waals surface area contributed by atoms with Crippen molar-refractivity contribution < 1.29 is 9.53 Å². The Morgan fingerprint density at radius 2 is 2.10 bits per heavy atom. The number of pyridine rings is 1. The van der Waals surface area contributed by atoms with Crippen LogP contribution in [0, 0.1) is 5.92 Å². The number of aromatic nitrogens is 3. The van der Waals surface area contributed by atoms with Crippen LogP contribution in [-0.4, -0.2) is 39.0 Å². The van der Waals surface area contributed by atoms with Crippen molar-refractivity contribution in [1.29, 1.82) is 0 Å². The Labute approximate surface area is 176 Å². The molecule has 2 heterocycles. The van der Waals surface area contributed by atoms with Gasteiger partial charge in [0.1, 0.15) is 17.1 Å². The lowest BCUT2D eigenvalue weighted by atomic mass is 10.1. The molecule has 0 spiro atoms. The summed E-state index contributed by atoms with van der Waals surface area (Å²) < 4.78 is 7.31. The van der Waals surface area contributed by atoms with E-state index in [1.165, 1.54) is 0 Å². The summed E-state index contributed by atoms with van der Waals surface area (Å²) in [6.07, 6.45) is 2.73. The first kappa shape index (κ1) is 21.1. The third kappa shape index (κ3) is 4.70. The van der Waals surface area contributed by atoms with Crippen LogP contribution in [0.4, 0.5) is 0 Å². The van der Waals surface area contributed by atoms with Crippen LogP contribution in [0.2, 0.25) is 5.02 Å². The molecule has 3 rings (SSSR count). The van der Waals surface area contributed by atoms with E-state index in [-0.39, 0.29) is 5.91 Å². The van der Waals surface area contributed by atoms with Crippen molar-refractivity contribution in [2.45, 2.75) is 40.3 Å². The number of methoxy groups -OCH3 is 1. The van der Waals surface area contributed by atoms with Gasteiger partial charge in [0.05, 0.1) is 18.7 Å². The van der Waals surface area contributed by atoms with E-state index in [1.807, 2.05) is 17.0 Å². The van der Waals surface area contributed by atoms with Crippen LogP contribution in [0.5, 0.6) is 5.75 Å². The molecule has 0 bridgehead atoms. The lowest BCUT2D eigenvalue weighted by molar-refractivity contribution is 0.0716.